The minimum Gasteiger partial charge on any atom is -0.451 e. The Hall–Kier alpha value is -5.59. The zero-order chi connectivity index (χ0) is 47.8. The lowest BCUT2D eigenvalue weighted by Crippen LogP contribution is -2.60. The van der Waals surface area contributed by atoms with Crippen molar-refractivity contribution in [2.45, 2.75) is 136 Å². The zero-order valence-electron chi connectivity index (χ0n) is 39.3. The van der Waals surface area contributed by atoms with Gasteiger partial charge in [-0.15, -0.1) is 12.3 Å². The molecule has 15 heteroatoms. The SMILES string of the molecule is C#CCCC(=O)NCCCC(=O)O[C@](C)(CC)C(=O)[C@H](CC(C)C)NC(=O)[C@H](Cc1ccccc1)NC(=O)[C@H](CC(C)C)NC(=O)[C@H](CCc1ccccc1)NC(=O)CN1CCOCC1. The Kier molecular flexibility index (Phi) is 23.4. The molecule has 2 aromatic rings. The fourth-order valence-electron chi connectivity index (χ4n) is 7.41. The fourth-order valence-corrected chi connectivity index (χ4v) is 7.41. The van der Waals surface area contributed by atoms with E-state index in [4.69, 9.17) is 15.9 Å². The summed E-state index contributed by atoms with van der Waals surface area (Å²) >= 11 is 0. The minimum absolute atomic E-state index is 0.0483. The molecule has 1 saturated heterocycles. The van der Waals surface area contributed by atoms with Crippen LogP contribution in [-0.4, -0.2) is 115 Å². The van der Waals surface area contributed by atoms with Crippen molar-refractivity contribution in [2.24, 2.45) is 11.8 Å². The molecule has 1 fully saturated rings. The van der Waals surface area contributed by atoms with E-state index >= 15 is 0 Å². The van der Waals surface area contributed by atoms with Gasteiger partial charge in [-0.05, 0) is 68.4 Å². The Labute approximate surface area is 385 Å². The molecule has 1 aliphatic rings. The zero-order valence-corrected chi connectivity index (χ0v) is 39.3. The summed E-state index contributed by atoms with van der Waals surface area (Å²) in [6, 6.07) is 14.4. The number of carbonyl (C=O) groups excluding carboxylic acids is 7. The second-order valence-corrected chi connectivity index (χ2v) is 17.7. The number of aryl methyl sites for hydroxylation is 1. The van der Waals surface area contributed by atoms with Crippen molar-refractivity contribution in [3.63, 3.8) is 0 Å². The lowest BCUT2D eigenvalue weighted by Gasteiger charge is -2.33. The quantitative estimate of drug-likeness (QED) is 0.0475. The highest BCUT2D eigenvalue weighted by Crippen LogP contribution is 2.23. The number of terminal acetylenes is 1. The molecule has 3 rings (SSSR count). The molecule has 2 aromatic carbocycles. The lowest BCUT2D eigenvalue weighted by atomic mass is 9.87. The number of Topliss-reactive ketones (excluding diaryl/α,β-unsaturated/α-hetero) is 1. The van der Waals surface area contributed by atoms with E-state index in [1.807, 2.05) is 93.3 Å². The maximum absolute atomic E-state index is 14.4. The largest absolute Gasteiger partial charge is 0.451 e. The van der Waals surface area contributed by atoms with Crippen LogP contribution < -0.4 is 26.6 Å². The van der Waals surface area contributed by atoms with E-state index < -0.39 is 59.2 Å². The van der Waals surface area contributed by atoms with Crippen molar-refractivity contribution < 1.29 is 43.0 Å². The van der Waals surface area contributed by atoms with Gasteiger partial charge in [0.1, 0.15) is 18.1 Å². The molecular formula is C50H72N6O9. The number of morpholine rings is 1. The van der Waals surface area contributed by atoms with E-state index in [2.05, 4.69) is 32.5 Å². The summed E-state index contributed by atoms with van der Waals surface area (Å²) in [7, 11) is 0. The topological polar surface area (TPSA) is 201 Å². The van der Waals surface area contributed by atoms with Crippen LogP contribution in [0, 0.1) is 24.2 Å². The maximum atomic E-state index is 14.4. The van der Waals surface area contributed by atoms with Crippen LogP contribution in [-0.2, 0) is 55.9 Å². The van der Waals surface area contributed by atoms with Gasteiger partial charge in [-0.1, -0.05) is 95.3 Å². The predicted octanol–water partition coefficient (Wildman–Crippen LogP) is 3.82. The van der Waals surface area contributed by atoms with Gasteiger partial charge in [-0.25, -0.2) is 0 Å². The minimum atomic E-state index is -1.58. The molecule has 1 heterocycles. The highest BCUT2D eigenvalue weighted by Gasteiger charge is 2.42. The molecule has 0 aliphatic carbocycles. The third-order valence-corrected chi connectivity index (χ3v) is 11.2. The molecule has 15 nitrogen and oxygen atoms in total. The first-order chi connectivity index (χ1) is 31.0. The van der Waals surface area contributed by atoms with Crippen molar-refractivity contribution >= 4 is 41.3 Å². The summed E-state index contributed by atoms with van der Waals surface area (Å²) in [5, 5.41) is 14.3. The Morgan fingerprint density at radius 3 is 1.89 bits per heavy atom. The van der Waals surface area contributed by atoms with Crippen LogP contribution in [0.1, 0.15) is 104 Å². The van der Waals surface area contributed by atoms with Gasteiger partial charge in [-0.2, -0.15) is 0 Å². The third-order valence-electron chi connectivity index (χ3n) is 11.2. The van der Waals surface area contributed by atoms with E-state index in [1.165, 1.54) is 6.92 Å². The summed E-state index contributed by atoms with van der Waals surface area (Å²) in [4.78, 5) is 97.4. The first kappa shape index (κ1) is 53.7. The fraction of sp³-hybridized carbons (Fsp3) is 0.580. The molecule has 1 aliphatic heterocycles. The number of amides is 5. The van der Waals surface area contributed by atoms with Crippen molar-refractivity contribution in [1.29, 1.82) is 0 Å². The predicted molar refractivity (Wildman–Crippen MR) is 249 cm³/mol. The third kappa shape index (κ3) is 20.0. The van der Waals surface area contributed by atoms with E-state index in [0.29, 0.717) is 39.1 Å². The van der Waals surface area contributed by atoms with Crippen LogP contribution in [0.5, 0.6) is 0 Å². The molecule has 356 valence electrons. The molecule has 0 spiro atoms. The number of ketones is 1. The first-order valence-electron chi connectivity index (χ1n) is 23.1. The Bertz CT molecular complexity index is 1880. The summed E-state index contributed by atoms with van der Waals surface area (Å²) < 4.78 is 11.2. The molecule has 5 N–H and O–H groups in total. The van der Waals surface area contributed by atoms with Crippen molar-refractivity contribution in [2.75, 3.05) is 39.4 Å². The van der Waals surface area contributed by atoms with Gasteiger partial charge in [0.15, 0.2) is 11.4 Å². The lowest BCUT2D eigenvalue weighted by molar-refractivity contribution is -0.167. The molecule has 0 radical (unpaired) electrons. The number of ether oxygens (including phenoxy) is 2. The smallest absolute Gasteiger partial charge is 0.306 e. The summed E-state index contributed by atoms with van der Waals surface area (Å²) in [6.07, 6.45) is 7.39. The monoisotopic (exact) mass is 901 g/mol. The molecule has 0 saturated carbocycles. The second kappa shape index (κ2) is 28.3. The first-order valence-corrected chi connectivity index (χ1v) is 23.1. The number of hydrogen-bond donors (Lipinski definition) is 5. The number of hydrogen-bond acceptors (Lipinski definition) is 10. The van der Waals surface area contributed by atoms with Crippen molar-refractivity contribution in [3.8, 4) is 12.3 Å². The van der Waals surface area contributed by atoms with E-state index in [1.54, 1.807) is 6.92 Å². The molecule has 5 amide bonds. The normalized spacial score (nSPS) is 15.6. The standard InChI is InChI=1S/C50H72N6O9/c1-8-10-22-43(57)51-26-17-23-45(59)65-50(7,9-2)46(60)40(31-35(3)4)53-49(63)42(33-38-20-15-12-16-21-38)55-48(62)41(32-36(5)6)54-47(61)39(25-24-37-18-13-11-14-19-37)52-44(58)34-56-27-29-64-30-28-56/h1,11-16,18-21,35-36,39-42H,9-10,17,22-34H2,2-7H3,(H,51,57)(H,52,58)(H,53,63)(H,54,61)(H,55,62)/t39-,40-,41-,42-,50+/m0/s1. The summed E-state index contributed by atoms with van der Waals surface area (Å²) in [5.74, 6) is -1.11. The van der Waals surface area contributed by atoms with Crippen LogP contribution >= 0.6 is 0 Å². The highest BCUT2D eigenvalue weighted by molar-refractivity contribution is 5.98. The van der Waals surface area contributed by atoms with Gasteiger partial charge in [0.2, 0.25) is 29.5 Å². The van der Waals surface area contributed by atoms with Gasteiger partial charge in [0.05, 0.1) is 25.8 Å². The average Bonchev–Trinajstić information content (AvgIpc) is 3.28. The summed E-state index contributed by atoms with van der Waals surface area (Å²) in [5.41, 5.74) is 0.146. The number of benzene rings is 2. The van der Waals surface area contributed by atoms with Gasteiger partial charge >= 0.3 is 5.97 Å². The number of nitrogens with zero attached hydrogens (tertiary/aromatic N) is 1. The van der Waals surface area contributed by atoms with Crippen LogP contribution in [0.15, 0.2) is 60.7 Å². The average molecular weight is 901 g/mol. The number of rotatable bonds is 28. The van der Waals surface area contributed by atoms with Gasteiger partial charge < -0.3 is 36.1 Å². The molecule has 0 aromatic heterocycles. The Balaban J connectivity index is 1.82. The van der Waals surface area contributed by atoms with Gasteiger partial charge in [-0.3, -0.25) is 38.5 Å². The maximum Gasteiger partial charge on any atom is 0.306 e. The number of carbonyl (C=O) groups is 7. The van der Waals surface area contributed by atoms with Crippen LogP contribution in [0.25, 0.3) is 0 Å². The summed E-state index contributed by atoms with van der Waals surface area (Å²) in [6.45, 7) is 13.4. The van der Waals surface area contributed by atoms with Crippen molar-refractivity contribution in [1.82, 2.24) is 31.5 Å². The van der Waals surface area contributed by atoms with Crippen molar-refractivity contribution in [3.05, 3.63) is 71.8 Å². The second-order valence-electron chi connectivity index (χ2n) is 17.7. The molecular weight excluding hydrogens is 829 g/mol. The molecule has 0 unspecified atom stereocenters. The van der Waals surface area contributed by atoms with E-state index in [9.17, 15) is 33.6 Å². The molecule has 5 atom stereocenters. The van der Waals surface area contributed by atoms with Crippen LogP contribution in [0.2, 0.25) is 0 Å². The number of esters is 1. The van der Waals surface area contributed by atoms with Gasteiger partial charge in [0.25, 0.3) is 0 Å². The Morgan fingerprint density at radius 2 is 1.29 bits per heavy atom. The Morgan fingerprint density at radius 1 is 0.738 bits per heavy atom. The molecule has 0 bridgehead atoms. The van der Waals surface area contributed by atoms with Gasteiger partial charge in [0, 0.05) is 45.3 Å². The molecule has 65 heavy (non-hydrogen) atoms. The van der Waals surface area contributed by atoms with E-state index in [0.717, 1.165) is 11.1 Å². The highest BCUT2D eigenvalue weighted by atomic mass is 16.6. The number of nitrogens with one attached hydrogen (secondary N) is 5. The van der Waals surface area contributed by atoms with Crippen LogP contribution in [0.3, 0.4) is 0 Å². The van der Waals surface area contributed by atoms with E-state index in [-0.39, 0.29) is 88.1 Å². The van der Waals surface area contributed by atoms with Crippen LogP contribution in [0.4, 0.5) is 0 Å².